The van der Waals surface area contributed by atoms with Gasteiger partial charge in [-0.05, 0) is 44.5 Å². The first-order chi connectivity index (χ1) is 15.6. The Morgan fingerprint density at radius 1 is 1.12 bits per heavy atom. The fraction of sp³-hybridized carbons (Fsp3) is 0.238. The average molecular weight is 475 g/mol. The number of carbonyl (C=O) groups excluding carboxylic acids is 1. The number of hydrogen-bond donors (Lipinski definition) is 3. The summed E-state index contributed by atoms with van der Waals surface area (Å²) in [7, 11) is -4.31. The molecular weight excluding hydrogens is 451 g/mol. The number of halogens is 1. The first kappa shape index (κ1) is 24.0. The molecule has 0 bridgehead atoms. The summed E-state index contributed by atoms with van der Waals surface area (Å²) in [6.07, 6.45) is 1.31. The normalized spacial score (nSPS) is 11.3. The van der Waals surface area contributed by atoms with Crippen molar-refractivity contribution in [1.29, 1.82) is 0 Å². The summed E-state index contributed by atoms with van der Waals surface area (Å²) >= 11 is 0. The lowest BCUT2D eigenvalue weighted by atomic mass is 10.2. The van der Waals surface area contributed by atoms with Gasteiger partial charge in [-0.3, -0.25) is 24.6 Å². The molecule has 0 aliphatic heterocycles. The van der Waals surface area contributed by atoms with Gasteiger partial charge in [0.15, 0.2) is 0 Å². The van der Waals surface area contributed by atoms with Crippen LogP contribution in [0, 0.1) is 26.6 Å². The van der Waals surface area contributed by atoms with Gasteiger partial charge < -0.3 is 5.32 Å². The number of anilines is 1. The Labute approximate surface area is 189 Å². The van der Waals surface area contributed by atoms with E-state index in [1.165, 1.54) is 18.3 Å². The number of pyridine rings is 1. The summed E-state index contributed by atoms with van der Waals surface area (Å²) in [6.45, 7) is 5.23. The van der Waals surface area contributed by atoms with E-state index in [9.17, 15) is 22.4 Å². The minimum Gasteiger partial charge on any atom is -0.350 e. The van der Waals surface area contributed by atoms with Gasteiger partial charge in [-0.25, -0.2) is 17.8 Å². The largest absolute Gasteiger partial charge is 0.350 e. The van der Waals surface area contributed by atoms with Crippen LogP contribution in [0.4, 0.5) is 10.2 Å². The van der Waals surface area contributed by atoms with Crippen molar-refractivity contribution in [3.63, 3.8) is 0 Å². The van der Waals surface area contributed by atoms with E-state index in [1.807, 2.05) is 30.8 Å². The second-order valence-electron chi connectivity index (χ2n) is 7.27. The van der Waals surface area contributed by atoms with Crippen LogP contribution in [0.25, 0.3) is 0 Å². The van der Waals surface area contributed by atoms with E-state index >= 15 is 0 Å². The Kier molecular flexibility index (Phi) is 7.19. The Morgan fingerprint density at radius 2 is 1.85 bits per heavy atom. The van der Waals surface area contributed by atoms with E-state index in [0.717, 1.165) is 33.7 Å². The molecule has 3 aromatic rings. The van der Waals surface area contributed by atoms with Gasteiger partial charge in [0, 0.05) is 29.8 Å². The molecule has 10 nitrogen and oxygen atoms in total. The van der Waals surface area contributed by atoms with Crippen molar-refractivity contribution < 1.29 is 17.6 Å². The summed E-state index contributed by atoms with van der Waals surface area (Å²) < 4.78 is 39.6. The highest BCUT2D eigenvalue weighted by Crippen LogP contribution is 2.13. The average Bonchev–Trinajstić information content (AvgIpc) is 2.75. The molecular formula is C21H23FN6O4S. The van der Waals surface area contributed by atoms with E-state index in [-0.39, 0.29) is 18.9 Å². The Balaban J connectivity index is 1.71. The molecule has 0 aliphatic rings. The standard InChI is InChI=1S/C21H23FN6O4S/c1-13-8-9-16(15(3)25-13)11-23-19(29)12-28-14(2)10-24-20(21(28)30)26-27-33(31,32)18-7-5-4-6-17(18)22/h4-10,27H,11-12H2,1-3H3,(H,23,29)(H,24,26). The molecule has 3 rings (SSSR count). The predicted octanol–water partition coefficient (Wildman–Crippen LogP) is 1.32. The van der Waals surface area contributed by atoms with Crippen LogP contribution in [-0.2, 0) is 27.9 Å². The Bertz CT molecular complexity index is 1360. The third kappa shape index (κ3) is 5.79. The topological polar surface area (TPSA) is 135 Å². The molecule has 0 radical (unpaired) electrons. The van der Waals surface area contributed by atoms with Gasteiger partial charge in [-0.1, -0.05) is 18.2 Å². The first-order valence-electron chi connectivity index (χ1n) is 9.87. The van der Waals surface area contributed by atoms with Gasteiger partial charge in [0.1, 0.15) is 17.3 Å². The molecule has 0 saturated carbocycles. The third-order valence-corrected chi connectivity index (χ3v) is 6.08. The monoisotopic (exact) mass is 474 g/mol. The van der Waals surface area contributed by atoms with E-state index in [2.05, 4.69) is 20.7 Å². The van der Waals surface area contributed by atoms with Crippen LogP contribution < -0.4 is 21.1 Å². The van der Waals surface area contributed by atoms with E-state index in [0.29, 0.717) is 5.69 Å². The van der Waals surface area contributed by atoms with Gasteiger partial charge in [0.05, 0.1) is 0 Å². The summed E-state index contributed by atoms with van der Waals surface area (Å²) in [4.78, 5) is 34.7. The second-order valence-corrected chi connectivity index (χ2v) is 8.93. The van der Waals surface area contributed by atoms with Crippen LogP contribution >= 0.6 is 0 Å². The Hall–Kier alpha value is -3.64. The molecule has 174 valence electrons. The smallest absolute Gasteiger partial charge is 0.295 e. The lowest BCUT2D eigenvalue weighted by Gasteiger charge is -2.14. The molecule has 0 aliphatic carbocycles. The third-order valence-electron chi connectivity index (χ3n) is 4.80. The molecule has 0 atom stereocenters. The van der Waals surface area contributed by atoms with Gasteiger partial charge in [-0.2, -0.15) is 0 Å². The summed E-state index contributed by atoms with van der Waals surface area (Å²) in [6, 6.07) is 8.50. The van der Waals surface area contributed by atoms with Crippen molar-refractivity contribution in [2.45, 2.75) is 38.8 Å². The number of amides is 1. The Morgan fingerprint density at radius 3 is 2.55 bits per heavy atom. The van der Waals surface area contributed by atoms with E-state index in [1.54, 1.807) is 6.92 Å². The number of sulfonamides is 1. The molecule has 0 spiro atoms. The number of nitrogens with one attached hydrogen (secondary N) is 3. The molecule has 0 saturated heterocycles. The zero-order valence-electron chi connectivity index (χ0n) is 18.2. The van der Waals surface area contributed by atoms with Crippen LogP contribution in [0.1, 0.15) is 22.6 Å². The molecule has 2 aromatic heterocycles. The summed E-state index contributed by atoms with van der Waals surface area (Å²) in [5.41, 5.74) is 4.37. The number of benzene rings is 1. The van der Waals surface area contributed by atoms with Crippen molar-refractivity contribution in [2.24, 2.45) is 0 Å². The van der Waals surface area contributed by atoms with E-state index in [4.69, 9.17) is 0 Å². The number of hydrazine groups is 1. The van der Waals surface area contributed by atoms with Crippen molar-refractivity contribution in [2.75, 3.05) is 5.43 Å². The highest BCUT2D eigenvalue weighted by Gasteiger charge is 2.19. The van der Waals surface area contributed by atoms with Crippen molar-refractivity contribution in [3.05, 3.63) is 81.4 Å². The highest BCUT2D eigenvalue weighted by atomic mass is 32.2. The number of nitrogens with zero attached hydrogens (tertiary/aromatic N) is 3. The number of aryl methyl sites for hydroxylation is 3. The van der Waals surface area contributed by atoms with Crippen LogP contribution in [0.5, 0.6) is 0 Å². The van der Waals surface area contributed by atoms with Crippen molar-refractivity contribution >= 4 is 21.7 Å². The molecule has 0 unspecified atom stereocenters. The SMILES string of the molecule is Cc1ccc(CNC(=O)Cn2c(C)cnc(NNS(=O)(=O)c3ccccc3F)c2=O)c(C)n1. The maximum absolute atomic E-state index is 13.8. The predicted molar refractivity (Wildman–Crippen MR) is 119 cm³/mol. The molecule has 33 heavy (non-hydrogen) atoms. The highest BCUT2D eigenvalue weighted by molar-refractivity contribution is 7.89. The number of hydrogen-bond acceptors (Lipinski definition) is 7. The fourth-order valence-corrected chi connectivity index (χ4v) is 3.91. The molecule has 12 heteroatoms. The zero-order valence-corrected chi connectivity index (χ0v) is 19.0. The number of carbonyl (C=O) groups is 1. The fourth-order valence-electron chi connectivity index (χ4n) is 2.98. The van der Waals surface area contributed by atoms with E-state index < -0.39 is 32.2 Å². The van der Waals surface area contributed by atoms with Crippen molar-refractivity contribution in [1.82, 2.24) is 24.7 Å². The lowest BCUT2D eigenvalue weighted by molar-refractivity contribution is -0.121. The van der Waals surface area contributed by atoms with Crippen LogP contribution in [0.15, 0.2) is 52.3 Å². The minimum atomic E-state index is -4.31. The molecule has 2 heterocycles. The van der Waals surface area contributed by atoms with Gasteiger partial charge in [-0.15, -0.1) is 4.83 Å². The second kappa shape index (κ2) is 9.88. The van der Waals surface area contributed by atoms with Gasteiger partial charge in [0.2, 0.25) is 11.7 Å². The van der Waals surface area contributed by atoms with Crippen LogP contribution in [0.2, 0.25) is 0 Å². The lowest BCUT2D eigenvalue weighted by Crippen LogP contribution is -2.38. The maximum Gasteiger partial charge on any atom is 0.295 e. The van der Waals surface area contributed by atoms with Crippen LogP contribution in [-0.4, -0.2) is 28.9 Å². The van der Waals surface area contributed by atoms with Gasteiger partial charge in [0.25, 0.3) is 15.6 Å². The molecule has 3 N–H and O–H groups in total. The van der Waals surface area contributed by atoms with Crippen LogP contribution in [0.3, 0.4) is 0 Å². The quantitative estimate of drug-likeness (QED) is 0.419. The zero-order chi connectivity index (χ0) is 24.2. The minimum absolute atomic E-state index is 0.240. The molecule has 1 amide bonds. The van der Waals surface area contributed by atoms with Gasteiger partial charge >= 0.3 is 0 Å². The molecule has 0 fully saturated rings. The summed E-state index contributed by atoms with van der Waals surface area (Å²) in [5, 5.41) is 2.73. The van der Waals surface area contributed by atoms with Crippen molar-refractivity contribution in [3.8, 4) is 0 Å². The first-order valence-corrected chi connectivity index (χ1v) is 11.4. The summed E-state index contributed by atoms with van der Waals surface area (Å²) in [5.74, 6) is -1.74. The number of aromatic nitrogens is 3. The molecule has 1 aromatic carbocycles. The maximum atomic E-state index is 13.8. The number of rotatable bonds is 8.